The lowest BCUT2D eigenvalue weighted by Crippen LogP contribution is -2.44. The Morgan fingerprint density at radius 3 is 2.86 bits per heavy atom. The number of unbranched alkanes of at least 4 members (excludes halogenated alkanes) is 1. The van der Waals surface area contributed by atoms with Crippen molar-refractivity contribution in [3.05, 3.63) is 53.6 Å². The molecule has 2 saturated heterocycles. The van der Waals surface area contributed by atoms with Crippen LogP contribution >= 0.6 is 33.8 Å². The second-order valence-electron chi connectivity index (χ2n) is 9.41. The summed E-state index contributed by atoms with van der Waals surface area (Å²) < 4.78 is 0. The van der Waals surface area contributed by atoms with Gasteiger partial charge in [-0.2, -0.15) is 0 Å². The predicted octanol–water partition coefficient (Wildman–Crippen LogP) is 5.73. The van der Waals surface area contributed by atoms with Gasteiger partial charge in [0.25, 0.3) is 0 Å². The number of thiocarbonyl (C=S) groups is 1. The molecule has 5 nitrogen and oxygen atoms in total. The molecular weight excluding hydrogens is 493 g/mol. The van der Waals surface area contributed by atoms with Crippen molar-refractivity contribution in [3.8, 4) is 0 Å². The minimum Gasteiger partial charge on any atom is -0.383 e. The standard InChI is InChI=1S/C27H36N4OS3/c28-27(24-9-2-3-10-25(24)33)30-22-7-5-6-20(18-22)19-29-21-12-15-31(16-13-21)26(32)11-4-1-8-23-14-17-34-35-23/h2-3,5-7,9,18,21,23,29H,1,4,8,10-17,19H2,(H2,28,30). The molecule has 2 heterocycles. The zero-order valence-corrected chi connectivity index (χ0v) is 22.7. The van der Waals surface area contributed by atoms with Gasteiger partial charge < -0.3 is 16.0 Å². The fourth-order valence-corrected chi connectivity index (χ4v) is 7.97. The third kappa shape index (κ3) is 8.20. The fourth-order valence-electron chi connectivity index (χ4n) is 4.67. The first-order valence-corrected chi connectivity index (χ1v) is 15.5. The molecule has 1 aromatic rings. The lowest BCUT2D eigenvalue weighted by atomic mass is 10.0. The minimum absolute atomic E-state index is 0.336. The lowest BCUT2D eigenvalue weighted by Gasteiger charge is -2.32. The Morgan fingerprint density at radius 2 is 2.09 bits per heavy atom. The normalized spacial score (nSPS) is 21.4. The van der Waals surface area contributed by atoms with Crippen LogP contribution in [0, 0.1) is 0 Å². The number of likely N-dealkylation sites (tertiary alicyclic amines) is 1. The highest BCUT2D eigenvalue weighted by atomic mass is 33.1. The van der Waals surface area contributed by atoms with E-state index in [9.17, 15) is 4.79 Å². The molecule has 188 valence electrons. The third-order valence-electron chi connectivity index (χ3n) is 6.78. The van der Waals surface area contributed by atoms with E-state index in [1.54, 1.807) is 0 Å². The van der Waals surface area contributed by atoms with E-state index in [0.717, 1.165) is 66.7 Å². The maximum Gasteiger partial charge on any atom is 0.222 e. The van der Waals surface area contributed by atoms with E-state index in [2.05, 4.69) is 27.3 Å². The van der Waals surface area contributed by atoms with Crippen molar-refractivity contribution in [2.75, 3.05) is 18.8 Å². The van der Waals surface area contributed by atoms with Gasteiger partial charge in [-0.25, -0.2) is 4.99 Å². The first-order valence-electron chi connectivity index (χ1n) is 12.7. The summed E-state index contributed by atoms with van der Waals surface area (Å²) in [6, 6.07) is 8.60. The van der Waals surface area contributed by atoms with E-state index in [-0.39, 0.29) is 0 Å². The summed E-state index contributed by atoms with van der Waals surface area (Å²) in [5.74, 6) is 2.09. The van der Waals surface area contributed by atoms with Crippen molar-refractivity contribution < 1.29 is 4.79 Å². The van der Waals surface area contributed by atoms with Crippen LogP contribution in [0.2, 0.25) is 0 Å². The maximum absolute atomic E-state index is 12.6. The zero-order chi connectivity index (χ0) is 24.5. The first-order chi connectivity index (χ1) is 17.1. The molecule has 2 aliphatic heterocycles. The number of carbonyl (C=O) groups is 1. The average Bonchev–Trinajstić information content (AvgIpc) is 3.40. The largest absolute Gasteiger partial charge is 0.383 e. The molecule has 0 saturated carbocycles. The third-order valence-corrected chi connectivity index (χ3v) is 10.2. The Hall–Kier alpha value is -1.61. The van der Waals surface area contributed by atoms with Crippen LogP contribution in [0.5, 0.6) is 0 Å². The summed E-state index contributed by atoms with van der Waals surface area (Å²) in [7, 11) is 4.03. The van der Waals surface area contributed by atoms with Crippen molar-refractivity contribution in [1.29, 1.82) is 0 Å². The molecule has 8 heteroatoms. The molecule has 4 rings (SSSR count). The zero-order valence-electron chi connectivity index (χ0n) is 20.3. The fraction of sp³-hybridized carbons (Fsp3) is 0.519. The van der Waals surface area contributed by atoms with Crippen LogP contribution in [0.15, 0.2) is 53.1 Å². The van der Waals surface area contributed by atoms with Crippen LogP contribution in [0.1, 0.15) is 56.9 Å². The van der Waals surface area contributed by atoms with Gasteiger partial charge in [-0.3, -0.25) is 4.79 Å². The smallest absolute Gasteiger partial charge is 0.222 e. The number of amidine groups is 1. The first kappa shape index (κ1) is 26.5. The molecule has 1 unspecified atom stereocenters. The number of nitrogens with one attached hydrogen (secondary N) is 1. The summed E-state index contributed by atoms with van der Waals surface area (Å²) in [6.45, 7) is 2.50. The lowest BCUT2D eigenvalue weighted by molar-refractivity contribution is -0.132. The summed E-state index contributed by atoms with van der Waals surface area (Å²) in [4.78, 5) is 20.1. The molecule has 1 amide bonds. The molecule has 1 atom stereocenters. The Balaban J connectivity index is 1.17. The Labute approximate surface area is 222 Å². The van der Waals surface area contributed by atoms with Crippen molar-refractivity contribution in [2.45, 2.75) is 69.2 Å². The van der Waals surface area contributed by atoms with Gasteiger partial charge in [-0.1, -0.05) is 70.6 Å². The average molecular weight is 529 g/mol. The summed E-state index contributed by atoms with van der Waals surface area (Å²) in [5.41, 5.74) is 9.09. The molecule has 1 aliphatic carbocycles. The molecule has 3 N–H and O–H groups in total. The van der Waals surface area contributed by atoms with Crippen molar-refractivity contribution in [1.82, 2.24) is 10.2 Å². The van der Waals surface area contributed by atoms with Gasteiger partial charge in [0.15, 0.2) is 0 Å². The monoisotopic (exact) mass is 528 g/mol. The highest BCUT2D eigenvalue weighted by Gasteiger charge is 2.22. The van der Waals surface area contributed by atoms with Gasteiger partial charge in [0.05, 0.1) is 5.69 Å². The molecule has 0 aromatic heterocycles. The Morgan fingerprint density at radius 1 is 1.23 bits per heavy atom. The number of nitrogens with two attached hydrogens (primary N) is 1. The molecule has 0 spiro atoms. The number of hydrogen-bond donors (Lipinski definition) is 2. The molecule has 2 fully saturated rings. The predicted molar refractivity (Wildman–Crippen MR) is 156 cm³/mol. The molecule has 1 aromatic carbocycles. The van der Waals surface area contributed by atoms with Crippen molar-refractivity contribution in [3.63, 3.8) is 0 Å². The van der Waals surface area contributed by atoms with Crippen LogP contribution in [0.3, 0.4) is 0 Å². The van der Waals surface area contributed by atoms with Gasteiger partial charge >= 0.3 is 0 Å². The Kier molecular flexibility index (Phi) is 10.3. The van der Waals surface area contributed by atoms with E-state index >= 15 is 0 Å². The molecular formula is C27H36N4OS3. The topological polar surface area (TPSA) is 70.7 Å². The van der Waals surface area contributed by atoms with Gasteiger partial charge in [0, 0.05) is 60.0 Å². The number of nitrogens with zero attached hydrogens (tertiary/aromatic N) is 2. The van der Waals surface area contributed by atoms with Crippen molar-refractivity contribution in [2.24, 2.45) is 10.7 Å². The van der Waals surface area contributed by atoms with Crippen LogP contribution in [-0.2, 0) is 11.3 Å². The number of benzene rings is 1. The summed E-state index contributed by atoms with van der Waals surface area (Å²) in [5, 5.41) is 4.48. The van der Waals surface area contributed by atoms with Gasteiger partial charge in [-0.15, -0.1) is 0 Å². The summed E-state index contributed by atoms with van der Waals surface area (Å²) in [6.07, 6.45) is 14.2. The molecule has 35 heavy (non-hydrogen) atoms. The number of allylic oxidation sites excluding steroid dienone is 3. The maximum atomic E-state index is 12.6. The van der Waals surface area contributed by atoms with Gasteiger partial charge in [-0.05, 0) is 49.8 Å². The van der Waals surface area contributed by atoms with Crippen LogP contribution in [-0.4, -0.2) is 51.6 Å². The highest BCUT2D eigenvalue weighted by molar-refractivity contribution is 8.77. The second kappa shape index (κ2) is 13.6. The van der Waals surface area contributed by atoms with E-state index in [1.165, 1.54) is 30.6 Å². The number of carbonyl (C=O) groups excluding carboxylic acids is 1. The highest BCUT2D eigenvalue weighted by Crippen LogP contribution is 2.39. The SMILES string of the molecule is NC(=Nc1cccc(CNC2CCN(C(=O)CCCCC3CCSS3)CC2)c1)C1=CC=CCC1=S. The van der Waals surface area contributed by atoms with E-state index < -0.39 is 0 Å². The van der Waals surface area contributed by atoms with Crippen LogP contribution < -0.4 is 11.1 Å². The van der Waals surface area contributed by atoms with Crippen molar-refractivity contribution >= 4 is 56.1 Å². The Bertz CT molecular complexity index is 976. The van der Waals surface area contributed by atoms with E-state index in [1.807, 2.05) is 51.9 Å². The molecule has 0 radical (unpaired) electrons. The number of aliphatic imine (C=N–C) groups is 1. The molecule has 0 bridgehead atoms. The number of rotatable bonds is 10. The van der Waals surface area contributed by atoms with Crippen LogP contribution in [0.4, 0.5) is 5.69 Å². The van der Waals surface area contributed by atoms with Gasteiger partial charge in [0.1, 0.15) is 5.84 Å². The number of hydrogen-bond acceptors (Lipinski definition) is 6. The van der Waals surface area contributed by atoms with Crippen LogP contribution in [0.25, 0.3) is 0 Å². The van der Waals surface area contributed by atoms with Gasteiger partial charge in [0.2, 0.25) is 5.91 Å². The summed E-state index contributed by atoms with van der Waals surface area (Å²) >= 11 is 5.41. The number of piperidine rings is 1. The molecule has 3 aliphatic rings. The quantitative estimate of drug-likeness (QED) is 0.133. The van der Waals surface area contributed by atoms with E-state index in [0.29, 0.717) is 24.2 Å². The van der Waals surface area contributed by atoms with E-state index in [4.69, 9.17) is 18.0 Å². The second-order valence-corrected chi connectivity index (χ2v) is 12.7. The number of amides is 1. The minimum atomic E-state index is 0.336.